The molecule has 2 heterocycles. The zero-order valence-electron chi connectivity index (χ0n) is 24.0. The molecule has 40 heavy (non-hydrogen) atoms. The number of halogens is 1. The molecule has 1 unspecified atom stereocenters. The van der Waals surface area contributed by atoms with Gasteiger partial charge >= 0.3 is 6.09 Å². The van der Waals surface area contributed by atoms with E-state index in [4.69, 9.17) is 25.5 Å². The Hall–Kier alpha value is -2.42. The molecule has 1 aliphatic heterocycles. The maximum absolute atomic E-state index is 12.4. The van der Waals surface area contributed by atoms with E-state index in [1.165, 1.54) is 5.56 Å². The Bertz CT molecular complexity index is 1330. The molecule has 1 aromatic carbocycles. The second-order valence-electron chi connectivity index (χ2n) is 11.9. The maximum Gasteiger partial charge on any atom is 0.410 e. The molecule has 0 spiro atoms. The van der Waals surface area contributed by atoms with Gasteiger partial charge in [0, 0.05) is 30.2 Å². The van der Waals surface area contributed by atoms with Crippen LogP contribution in [0.2, 0.25) is 5.02 Å². The Morgan fingerprint density at radius 3 is 2.58 bits per heavy atom. The number of allylic oxidation sites excluding steroid dienone is 1. The first kappa shape index (κ1) is 30.5. The van der Waals surface area contributed by atoms with E-state index in [-0.39, 0.29) is 18.6 Å². The summed E-state index contributed by atoms with van der Waals surface area (Å²) >= 11 is 6.47. The highest BCUT2D eigenvalue weighted by Gasteiger charge is 2.29. The van der Waals surface area contributed by atoms with Crippen molar-refractivity contribution in [3.63, 3.8) is 0 Å². The van der Waals surface area contributed by atoms with E-state index in [0.717, 1.165) is 73.8 Å². The van der Waals surface area contributed by atoms with Crippen LogP contribution in [0.1, 0.15) is 94.0 Å². The number of aromatic nitrogens is 1. The smallest absolute Gasteiger partial charge is 0.410 e. The SMILES string of the molecule is CC(C)(C)OC(=O)N1CCC(CCCC2c3ccc(Cl)cc3C(CCCOS(C)(=O)=O)=Cc3cccnc32)CC1. The highest BCUT2D eigenvalue weighted by molar-refractivity contribution is 7.85. The number of pyridine rings is 1. The minimum Gasteiger partial charge on any atom is -0.444 e. The minimum atomic E-state index is -3.47. The molecule has 1 aromatic heterocycles. The van der Waals surface area contributed by atoms with Gasteiger partial charge < -0.3 is 9.64 Å². The molecule has 218 valence electrons. The molecule has 2 aromatic rings. The first-order valence-electron chi connectivity index (χ1n) is 14.2. The van der Waals surface area contributed by atoms with Gasteiger partial charge in [0.2, 0.25) is 0 Å². The van der Waals surface area contributed by atoms with Crippen LogP contribution in [0.5, 0.6) is 0 Å². The van der Waals surface area contributed by atoms with Crippen molar-refractivity contribution in [2.75, 3.05) is 26.0 Å². The largest absolute Gasteiger partial charge is 0.444 e. The van der Waals surface area contributed by atoms with Gasteiger partial charge in [0.05, 0.1) is 18.6 Å². The number of amides is 1. The standard InChI is InChI=1S/C31H41ClN2O5S/c1-31(2,3)39-30(35)34-17-14-22(15-18-34)8-5-11-27-26-13-12-25(32)21-28(26)23(10-7-19-38-40(4,36)37)20-24-9-6-16-33-29(24)27/h6,9,12-13,16,20-22,27H,5,7-8,10-11,14-15,17-19H2,1-4H3. The second-order valence-corrected chi connectivity index (χ2v) is 14.0. The quantitative estimate of drug-likeness (QED) is 0.226. The molecule has 1 saturated heterocycles. The topological polar surface area (TPSA) is 85.8 Å². The van der Waals surface area contributed by atoms with Crippen LogP contribution in [0, 0.1) is 5.92 Å². The molecule has 1 fully saturated rings. The fourth-order valence-corrected chi connectivity index (χ4v) is 6.27. The molecule has 9 heteroatoms. The normalized spacial score (nSPS) is 18.0. The van der Waals surface area contributed by atoms with Crippen molar-refractivity contribution < 1.29 is 22.1 Å². The zero-order chi connectivity index (χ0) is 28.9. The number of piperidine rings is 1. The van der Waals surface area contributed by atoms with Gasteiger partial charge in [-0.2, -0.15) is 8.42 Å². The molecule has 0 radical (unpaired) electrons. The average molecular weight is 589 g/mol. The Balaban J connectivity index is 1.44. The summed E-state index contributed by atoms with van der Waals surface area (Å²) in [5.41, 5.74) is 5.09. The first-order chi connectivity index (χ1) is 18.9. The third-order valence-electron chi connectivity index (χ3n) is 7.53. The van der Waals surface area contributed by atoms with Crippen LogP contribution in [0.15, 0.2) is 36.5 Å². The van der Waals surface area contributed by atoms with Crippen LogP contribution in [-0.2, 0) is 19.0 Å². The third kappa shape index (κ3) is 8.54. The Morgan fingerprint density at radius 2 is 1.88 bits per heavy atom. The summed E-state index contributed by atoms with van der Waals surface area (Å²) in [5.74, 6) is 0.715. The number of carbonyl (C=O) groups is 1. The van der Waals surface area contributed by atoms with Gasteiger partial charge in [0.15, 0.2) is 0 Å². The van der Waals surface area contributed by atoms with Crippen molar-refractivity contribution in [2.24, 2.45) is 5.92 Å². The van der Waals surface area contributed by atoms with Gasteiger partial charge in [-0.25, -0.2) is 4.79 Å². The van der Waals surface area contributed by atoms with Crippen LogP contribution >= 0.6 is 11.6 Å². The lowest BCUT2D eigenvalue weighted by atomic mass is 9.83. The van der Waals surface area contributed by atoms with Crippen LogP contribution in [0.25, 0.3) is 11.6 Å². The molecule has 2 aliphatic rings. The molecule has 0 saturated carbocycles. The molecule has 0 bridgehead atoms. The minimum absolute atomic E-state index is 0.131. The molecule has 0 N–H and O–H groups in total. The zero-order valence-corrected chi connectivity index (χ0v) is 25.6. The number of likely N-dealkylation sites (tertiary alicyclic amines) is 1. The monoisotopic (exact) mass is 588 g/mol. The molecule has 1 atom stereocenters. The number of fused-ring (bicyclic) bond motifs is 2. The molecule has 7 nitrogen and oxygen atoms in total. The second kappa shape index (κ2) is 13.0. The summed E-state index contributed by atoms with van der Waals surface area (Å²) in [7, 11) is -3.47. The van der Waals surface area contributed by atoms with Gasteiger partial charge in [0.1, 0.15) is 5.60 Å². The maximum atomic E-state index is 12.4. The van der Waals surface area contributed by atoms with Gasteiger partial charge in [0.25, 0.3) is 10.1 Å². The molecule has 1 amide bonds. The number of hydrogen-bond acceptors (Lipinski definition) is 6. The lowest BCUT2D eigenvalue weighted by Gasteiger charge is -2.33. The lowest BCUT2D eigenvalue weighted by Crippen LogP contribution is -2.41. The highest BCUT2D eigenvalue weighted by atomic mass is 35.5. The van der Waals surface area contributed by atoms with Crippen molar-refractivity contribution in [1.29, 1.82) is 0 Å². The molecular weight excluding hydrogens is 548 g/mol. The van der Waals surface area contributed by atoms with E-state index >= 15 is 0 Å². The van der Waals surface area contributed by atoms with Crippen molar-refractivity contribution in [3.8, 4) is 0 Å². The summed E-state index contributed by atoms with van der Waals surface area (Å²) in [6.07, 6.45) is 11.2. The van der Waals surface area contributed by atoms with Crippen molar-refractivity contribution in [2.45, 2.75) is 77.2 Å². The van der Waals surface area contributed by atoms with E-state index in [0.29, 0.717) is 23.8 Å². The predicted molar refractivity (Wildman–Crippen MR) is 160 cm³/mol. The average Bonchev–Trinajstić information content (AvgIpc) is 3.00. The van der Waals surface area contributed by atoms with Crippen molar-refractivity contribution in [1.82, 2.24) is 9.88 Å². The van der Waals surface area contributed by atoms with Crippen LogP contribution in [0.3, 0.4) is 0 Å². The van der Waals surface area contributed by atoms with E-state index in [1.54, 1.807) is 0 Å². The van der Waals surface area contributed by atoms with Crippen molar-refractivity contribution >= 4 is 39.5 Å². The van der Waals surface area contributed by atoms with E-state index < -0.39 is 15.7 Å². The van der Waals surface area contributed by atoms with Gasteiger partial charge in [-0.05, 0) is 105 Å². The fraction of sp³-hybridized carbons (Fsp3) is 0.548. The number of hydrogen-bond donors (Lipinski definition) is 0. The summed E-state index contributed by atoms with van der Waals surface area (Å²) < 4.78 is 33.4. The molecular formula is C31H41ClN2O5S. The predicted octanol–water partition coefficient (Wildman–Crippen LogP) is 7.29. The Morgan fingerprint density at radius 1 is 1.12 bits per heavy atom. The molecule has 1 aliphatic carbocycles. The lowest BCUT2D eigenvalue weighted by molar-refractivity contribution is 0.0180. The van der Waals surface area contributed by atoms with Gasteiger partial charge in [-0.1, -0.05) is 36.6 Å². The summed E-state index contributed by atoms with van der Waals surface area (Å²) in [4.78, 5) is 19.1. The fourth-order valence-electron chi connectivity index (χ4n) is 5.68. The van der Waals surface area contributed by atoms with E-state index in [2.05, 4.69) is 18.2 Å². The number of carbonyl (C=O) groups excluding carboxylic acids is 1. The van der Waals surface area contributed by atoms with Gasteiger partial charge in [-0.3, -0.25) is 9.17 Å². The first-order valence-corrected chi connectivity index (χ1v) is 16.4. The molecule has 4 rings (SSSR count). The van der Waals surface area contributed by atoms with Crippen LogP contribution in [-0.4, -0.2) is 55.9 Å². The number of nitrogens with zero attached hydrogens (tertiary/aromatic N) is 2. The Kier molecular flexibility index (Phi) is 9.96. The number of benzene rings is 1. The van der Waals surface area contributed by atoms with Crippen LogP contribution in [0.4, 0.5) is 4.79 Å². The van der Waals surface area contributed by atoms with E-state index in [9.17, 15) is 13.2 Å². The summed E-state index contributed by atoms with van der Waals surface area (Å²) in [6.45, 7) is 7.32. The van der Waals surface area contributed by atoms with E-state index in [1.807, 2.05) is 50.1 Å². The third-order valence-corrected chi connectivity index (χ3v) is 8.36. The Labute approximate surface area is 244 Å². The van der Waals surface area contributed by atoms with Gasteiger partial charge in [-0.15, -0.1) is 0 Å². The number of ether oxygens (including phenoxy) is 1. The van der Waals surface area contributed by atoms with Crippen molar-refractivity contribution in [3.05, 3.63) is 63.9 Å². The number of rotatable bonds is 9. The highest BCUT2D eigenvalue weighted by Crippen LogP contribution is 2.42. The van der Waals surface area contributed by atoms with Crippen LogP contribution < -0.4 is 0 Å². The summed E-state index contributed by atoms with van der Waals surface area (Å²) in [6, 6.07) is 10.1. The summed E-state index contributed by atoms with van der Waals surface area (Å²) in [5, 5.41) is 0.673.